The van der Waals surface area contributed by atoms with E-state index in [1.165, 1.54) is 6.92 Å². The van der Waals surface area contributed by atoms with Crippen molar-refractivity contribution in [2.75, 3.05) is 5.32 Å². The van der Waals surface area contributed by atoms with Gasteiger partial charge >= 0.3 is 0 Å². The maximum absolute atomic E-state index is 12.4. The summed E-state index contributed by atoms with van der Waals surface area (Å²) in [7, 11) is 0. The predicted molar refractivity (Wildman–Crippen MR) is 97.5 cm³/mol. The molecule has 3 aromatic carbocycles. The van der Waals surface area contributed by atoms with Crippen LogP contribution in [-0.4, -0.2) is 16.9 Å². The number of hydrogen-bond donors (Lipinski definition) is 3. The van der Waals surface area contributed by atoms with Crippen LogP contribution in [0, 0.1) is 0 Å². The Morgan fingerprint density at radius 3 is 2.40 bits per heavy atom. The number of hydrogen-bond acceptors (Lipinski definition) is 3. The van der Waals surface area contributed by atoms with E-state index in [0.29, 0.717) is 12.2 Å². The number of benzene rings is 3. The molecule has 3 aromatic rings. The summed E-state index contributed by atoms with van der Waals surface area (Å²) in [6, 6.07) is 18.0. The Kier molecular flexibility index (Phi) is 4.66. The maximum Gasteiger partial charge on any atom is 0.255 e. The van der Waals surface area contributed by atoms with Crippen molar-refractivity contribution in [2.24, 2.45) is 0 Å². The van der Waals surface area contributed by atoms with Gasteiger partial charge in [0.25, 0.3) is 5.91 Å². The molecule has 0 aliphatic carbocycles. The summed E-state index contributed by atoms with van der Waals surface area (Å²) in [5, 5.41) is 17.4. The molecule has 0 saturated carbocycles. The molecule has 0 fully saturated rings. The Morgan fingerprint density at radius 1 is 0.960 bits per heavy atom. The molecular weight excluding hydrogens is 316 g/mol. The highest BCUT2D eigenvalue weighted by molar-refractivity contribution is 6.01. The van der Waals surface area contributed by atoms with E-state index in [9.17, 15) is 14.7 Å². The first kappa shape index (κ1) is 16.5. The zero-order valence-corrected chi connectivity index (χ0v) is 13.7. The SMILES string of the molecule is CC(=O)Nc1cccc(CNC(=O)c2cc3ccccc3cc2O)c1. The highest BCUT2D eigenvalue weighted by Crippen LogP contribution is 2.25. The second-order valence-corrected chi connectivity index (χ2v) is 5.78. The monoisotopic (exact) mass is 334 g/mol. The lowest BCUT2D eigenvalue weighted by molar-refractivity contribution is -0.114. The fraction of sp³-hybridized carbons (Fsp3) is 0.100. The Hall–Kier alpha value is -3.34. The molecule has 0 aliphatic rings. The largest absolute Gasteiger partial charge is 0.507 e. The number of amides is 2. The van der Waals surface area contributed by atoms with Gasteiger partial charge in [0.05, 0.1) is 5.56 Å². The van der Waals surface area contributed by atoms with Crippen molar-refractivity contribution in [1.82, 2.24) is 5.32 Å². The van der Waals surface area contributed by atoms with Gasteiger partial charge in [-0.25, -0.2) is 0 Å². The molecule has 0 radical (unpaired) electrons. The molecule has 0 aromatic heterocycles. The third-order valence-electron chi connectivity index (χ3n) is 3.81. The first-order chi connectivity index (χ1) is 12.0. The van der Waals surface area contributed by atoms with Gasteiger partial charge in [-0.15, -0.1) is 0 Å². The lowest BCUT2D eigenvalue weighted by Gasteiger charge is -2.10. The number of phenols is 1. The predicted octanol–water partition coefficient (Wildman–Crippen LogP) is 3.43. The van der Waals surface area contributed by atoms with Gasteiger partial charge < -0.3 is 15.7 Å². The van der Waals surface area contributed by atoms with E-state index < -0.39 is 0 Å². The van der Waals surface area contributed by atoms with E-state index in [2.05, 4.69) is 10.6 Å². The average Bonchev–Trinajstić information content (AvgIpc) is 2.59. The van der Waals surface area contributed by atoms with Crippen LogP contribution in [0.4, 0.5) is 5.69 Å². The summed E-state index contributed by atoms with van der Waals surface area (Å²) >= 11 is 0. The smallest absolute Gasteiger partial charge is 0.255 e. The second-order valence-electron chi connectivity index (χ2n) is 5.78. The molecule has 0 saturated heterocycles. The molecule has 0 atom stereocenters. The maximum atomic E-state index is 12.4. The molecule has 126 valence electrons. The van der Waals surface area contributed by atoms with Crippen LogP contribution < -0.4 is 10.6 Å². The minimum absolute atomic E-state index is 0.0526. The molecule has 0 spiro atoms. The van der Waals surface area contributed by atoms with Crippen molar-refractivity contribution in [3.05, 3.63) is 71.8 Å². The number of nitrogens with one attached hydrogen (secondary N) is 2. The van der Waals surface area contributed by atoms with Crippen LogP contribution in [0.15, 0.2) is 60.7 Å². The standard InChI is InChI=1S/C20H18N2O3/c1-13(23)22-17-8-4-5-14(9-17)12-21-20(25)18-10-15-6-2-3-7-16(15)11-19(18)24/h2-11,24H,12H2,1H3,(H,21,25)(H,22,23). The van der Waals surface area contributed by atoms with Gasteiger partial charge in [0.1, 0.15) is 5.75 Å². The lowest BCUT2D eigenvalue weighted by atomic mass is 10.1. The molecular formula is C20H18N2O3. The minimum atomic E-state index is -0.354. The fourth-order valence-corrected chi connectivity index (χ4v) is 2.65. The number of carbonyl (C=O) groups excluding carboxylic acids is 2. The molecule has 3 rings (SSSR count). The molecule has 0 bridgehead atoms. The first-order valence-electron chi connectivity index (χ1n) is 7.89. The molecule has 0 heterocycles. The van der Waals surface area contributed by atoms with Crippen molar-refractivity contribution in [3.8, 4) is 5.75 Å². The van der Waals surface area contributed by atoms with Crippen molar-refractivity contribution in [3.63, 3.8) is 0 Å². The highest BCUT2D eigenvalue weighted by Gasteiger charge is 2.12. The molecule has 5 heteroatoms. The zero-order chi connectivity index (χ0) is 17.8. The highest BCUT2D eigenvalue weighted by atomic mass is 16.3. The molecule has 5 nitrogen and oxygen atoms in total. The number of fused-ring (bicyclic) bond motifs is 1. The van der Waals surface area contributed by atoms with Crippen LogP contribution in [0.1, 0.15) is 22.8 Å². The molecule has 0 unspecified atom stereocenters. The number of anilines is 1. The van der Waals surface area contributed by atoms with Crippen LogP contribution in [-0.2, 0) is 11.3 Å². The van der Waals surface area contributed by atoms with E-state index in [0.717, 1.165) is 16.3 Å². The van der Waals surface area contributed by atoms with E-state index in [-0.39, 0.29) is 23.1 Å². The summed E-state index contributed by atoms with van der Waals surface area (Å²) in [5.41, 5.74) is 1.75. The second kappa shape index (κ2) is 7.05. The Morgan fingerprint density at radius 2 is 1.68 bits per heavy atom. The van der Waals surface area contributed by atoms with E-state index in [1.54, 1.807) is 30.3 Å². The number of carbonyl (C=O) groups is 2. The number of aromatic hydroxyl groups is 1. The molecule has 2 amide bonds. The van der Waals surface area contributed by atoms with Gasteiger partial charge in [-0.1, -0.05) is 36.4 Å². The summed E-state index contributed by atoms with van der Waals surface area (Å²) < 4.78 is 0. The van der Waals surface area contributed by atoms with E-state index in [1.807, 2.05) is 30.3 Å². The first-order valence-corrected chi connectivity index (χ1v) is 7.89. The molecule has 25 heavy (non-hydrogen) atoms. The Labute approximate surface area is 145 Å². The summed E-state index contributed by atoms with van der Waals surface area (Å²) in [4.78, 5) is 23.5. The van der Waals surface area contributed by atoms with Gasteiger partial charge in [0, 0.05) is 19.2 Å². The quantitative estimate of drug-likeness (QED) is 0.684. The Bertz CT molecular complexity index is 951. The van der Waals surface area contributed by atoms with Crippen LogP contribution in [0.3, 0.4) is 0 Å². The molecule has 3 N–H and O–H groups in total. The average molecular weight is 334 g/mol. The third kappa shape index (κ3) is 3.95. The van der Waals surface area contributed by atoms with E-state index in [4.69, 9.17) is 0 Å². The number of rotatable bonds is 4. The van der Waals surface area contributed by atoms with Gasteiger partial charge in [-0.2, -0.15) is 0 Å². The van der Waals surface area contributed by atoms with E-state index >= 15 is 0 Å². The summed E-state index contributed by atoms with van der Waals surface area (Å²) in [6.45, 7) is 1.73. The summed E-state index contributed by atoms with van der Waals surface area (Å²) in [5.74, 6) is -0.557. The zero-order valence-electron chi connectivity index (χ0n) is 13.7. The van der Waals surface area contributed by atoms with Gasteiger partial charge in [0.2, 0.25) is 5.91 Å². The Balaban J connectivity index is 1.74. The third-order valence-corrected chi connectivity index (χ3v) is 3.81. The van der Waals surface area contributed by atoms with Crippen molar-refractivity contribution in [2.45, 2.75) is 13.5 Å². The van der Waals surface area contributed by atoms with Crippen molar-refractivity contribution < 1.29 is 14.7 Å². The summed E-state index contributed by atoms with van der Waals surface area (Å²) in [6.07, 6.45) is 0. The van der Waals surface area contributed by atoms with Crippen LogP contribution in [0.25, 0.3) is 10.8 Å². The minimum Gasteiger partial charge on any atom is -0.507 e. The number of phenolic OH excluding ortho intramolecular Hbond substituents is 1. The lowest BCUT2D eigenvalue weighted by Crippen LogP contribution is -2.23. The normalized spacial score (nSPS) is 10.4. The van der Waals surface area contributed by atoms with Crippen molar-refractivity contribution >= 4 is 28.3 Å². The van der Waals surface area contributed by atoms with Crippen LogP contribution >= 0.6 is 0 Å². The van der Waals surface area contributed by atoms with Gasteiger partial charge in [-0.05, 0) is 40.6 Å². The fourth-order valence-electron chi connectivity index (χ4n) is 2.65. The van der Waals surface area contributed by atoms with Crippen LogP contribution in [0.5, 0.6) is 5.75 Å². The molecule has 0 aliphatic heterocycles. The van der Waals surface area contributed by atoms with Gasteiger partial charge in [-0.3, -0.25) is 9.59 Å². The van der Waals surface area contributed by atoms with Crippen LogP contribution in [0.2, 0.25) is 0 Å². The topological polar surface area (TPSA) is 78.4 Å². The van der Waals surface area contributed by atoms with Gasteiger partial charge in [0.15, 0.2) is 0 Å². The van der Waals surface area contributed by atoms with Crippen molar-refractivity contribution in [1.29, 1.82) is 0 Å².